The minimum Gasteiger partial charge on any atom is -0.339 e. The molecule has 0 radical (unpaired) electrons. The molecule has 1 N–H and O–H groups in total. The molecule has 0 unspecified atom stereocenters. The summed E-state index contributed by atoms with van der Waals surface area (Å²) in [6.07, 6.45) is -2.43. The van der Waals surface area contributed by atoms with Crippen molar-refractivity contribution < 1.29 is 22.8 Å². The first kappa shape index (κ1) is 13.2. The third-order valence-corrected chi connectivity index (χ3v) is 2.21. The maximum absolute atomic E-state index is 11.7. The topological polar surface area (TPSA) is 41.6 Å². The van der Waals surface area contributed by atoms with Crippen LogP contribution in [-0.4, -0.2) is 42.7 Å². The van der Waals surface area contributed by atoms with Crippen molar-refractivity contribution in [2.75, 3.05) is 19.7 Å². The number of carbonyl (C=O) groups excluding carboxylic acids is 1. The number of hydrogen-bond donors (Lipinski definition) is 1. The Bertz CT molecular complexity index is 241. The van der Waals surface area contributed by atoms with Gasteiger partial charge in [0.15, 0.2) is 6.61 Å². The molecule has 7 heteroatoms. The Hall–Kier alpha value is -0.820. The van der Waals surface area contributed by atoms with E-state index < -0.39 is 12.8 Å². The number of carbonyl (C=O) groups is 1. The highest BCUT2D eigenvalue weighted by Gasteiger charge is 2.31. The van der Waals surface area contributed by atoms with Gasteiger partial charge in [-0.15, -0.1) is 0 Å². The van der Waals surface area contributed by atoms with Gasteiger partial charge in [0.1, 0.15) is 6.54 Å². The third kappa shape index (κ3) is 4.80. The Balaban J connectivity index is 2.14. The lowest BCUT2D eigenvalue weighted by Gasteiger charge is -2.20. The third-order valence-electron chi connectivity index (χ3n) is 2.21. The standard InChI is InChI=1S/C9H15F3N2O2/c1-2-14(7-3-4-7)8(15)5-13-16-6-9(10,11)12/h7,13H,2-6H2,1H3. The molecule has 16 heavy (non-hydrogen) atoms. The molecular formula is C9H15F3N2O2. The Morgan fingerprint density at radius 2 is 2.12 bits per heavy atom. The first-order chi connectivity index (χ1) is 7.44. The Morgan fingerprint density at radius 1 is 1.50 bits per heavy atom. The molecule has 0 aromatic carbocycles. The second-order valence-electron chi connectivity index (χ2n) is 3.64. The van der Waals surface area contributed by atoms with Gasteiger partial charge >= 0.3 is 6.18 Å². The highest BCUT2D eigenvalue weighted by atomic mass is 19.4. The zero-order valence-corrected chi connectivity index (χ0v) is 9.01. The quantitative estimate of drug-likeness (QED) is 0.558. The van der Waals surface area contributed by atoms with E-state index in [-0.39, 0.29) is 18.5 Å². The number of nitrogens with one attached hydrogen (secondary N) is 1. The Labute approximate surface area is 91.7 Å². The van der Waals surface area contributed by atoms with Gasteiger partial charge in [-0.2, -0.15) is 18.7 Å². The van der Waals surface area contributed by atoms with E-state index >= 15 is 0 Å². The maximum atomic E-state index is 11.7. The SMILES string of the molecule is CCN(C(=O)CNOCC(F)(F)F)C1CC1. The van der Waals surface area contributed by atoms with E-state index in [1.165, 1.54) is 0 Å². The monoisotopic (exact) mass is 240 g/mol. The first-order valence-corrected chi connectivity index (χ1v) is 5.15. The van der Waals surface area contributed by atoms with E-state index in [9.17, 15) is 18.0 Å². The van der Waals surface area contributed by atoms with Gasteiger partial charge < -0.3 is 4.90 Å². The van der Waals surface area contributed by atoms with Gasteiger partial charge in [-0.05, 0) is 19.8 Å². The molecule has 94 valence electrons. The number of halogens is 3. The fourth-order valence-electron chi connectivity index (χ4n) is 1.37. The average Bonchev–Trinajstić information content (AvgIpc) is 2.96. The van der Waals surface area contributed by atoms with Crippen molar-refractivity contribution in [3.05, 3.63) is 0 Å². The van der Waals surface area contributed by atoms with E-state index in [0.29, 0.717) is 6.54 Å². The summed E-state index contributed by atoms with van der Waals surface area (Å²) in [4.78, 5) is 17.3. The molecule has 0 aromatic heterocycles. The minimum absolute atomic E-state index is 0.222. The molecule has 1 aliphatic rings. The van der Waals surface area contributed by atoms with Crippen LogP contribution in [0, 0.1) is 0 Å². The number of amides is 1. The molecule has 0 atom stereocenters. The fraction of sp³-hybridized carbons (Fsp3) is 0.889. The number of rotatable bonds is 6. The molecule has 4 nitrogen and oxygen atoms in total. The van der Waals surface area contributed by atoms with Crippen LogP contribution in [0.3, 0.4) is 0 Å². The summed E-state index contributed by atoms with van der Waals surface area (Å²) in [7, 11) is 0. The molecule has 0 aliphatic heterocycles. The largest absolute Gasteiger partial charge is 0.413 e. The zero-order chi connectivity index (χ0) is 12.2. The van der Waals surface area contributed by atoms with Crippen molar-refractivity contribution in [1.29, 1.82) is 0 Å². The van der Waals surface area contributed by atoms with Crippen LogP contribution in [0.2, 0.25) is 0 Å². The van der Waals surface area contributed by atoms with E-state index in [2.05, 4.69) is 4.84 Å². The number of nitrogens with zero attached hydrogens (tertiary/aromatic N) is 1. The summed E-state index contributed by atoms with van der Waals surface area (Å²) < 4.78 is 35.0. The zero-order valence-electron chi connectivity index (χ0n) is 9.01. The molecule has 0 spiro atoms. The predicted molar refractivity (Wildman–Crippen MR) is 50.4 cm³/mol. The molecule has 0 heterocycles. The van der Waals surface area contributed by atoms with Gasteiger partial charge in [-0.25, -0.2) is 0 Å². The van der Waals surface area contributed by atoms with Crippen molar-refractivity contribution in [2.24, 2.45) is 0 Å². The number of hydrogen-bond acceptors (Lipinski definition) is 3. The molecule has 0 saturated heterocycles. The van der Waals surface area contributed by atoms with E-state index in [0.717, 1.165) is 12.8 Å². The summed E-state index contributed by atoms with van der Waals surface area (Å²) >= 11 is 0. The lowest BCUT2D eigenvalue weighted by molar-refractivity contribution is -0.190. The van der Waals surface area contributed by atoms with Crippen LogP contribution < -0.4 is 5.48 Å². The summed E-state index contributed by atoms with van der Waals surface area (Å²) in [6.45, 7) is 0.799. The van der Waals surface area contributed by atoms with Gasteiger partial charge in [-0.1, -0.05) is 0 Å². The van der Waals surface area contributed by atoms with Crippen LogP contribution in [0.1, 0.15) is 19.8 Å². The highest BCUT2D eigenvalue weighted by molar-refractivity contribution is 5.78. The van der Waals surface area contributed by atoms with Crippen LogP contribution in [-0.2, 0) is 9.63 Å². The normalized spacial score (nSPS) is 16.2. The Morgan fingerprint density at radius 3 is 2.56 bits per heavy atom. The van der Waals surface area contributed by atoms with Crippen molar-refractivity contribution in [3.63, 3.8) is 0 Å². The van der Waals surface area contributed by atoms with Gasteiger partial charge in [0.2, 0.25) is 5.91 Å². The first-order valence-electron chi connectivity index (χ1n) is 5.15. The van der Waals surface area contributed by atoms with Crippen molar-refractivity contribution >= 4 is 5.91 Å². The van der Waals surface area contributed by atoms with E-state index in [4.69, 9.17) is 0 Å². The van der Waals surface area contributed by atoms with Crippen LogP contribution in [0.25, 0.3) is 0 Å². The summed E-state index contributed by atoms with van der Waals surface area (Å²) in [5.74, 6) is -0.229. The molecule has 0 aromatic rings. The lowest BCUT2D eigenvalue weighted by atomic mass is 10.4. The Kier molecular flexibility index (Phi) is 4.55. The summed E-state index contributed by atoms with van der Waals surface area (Å²) in [5.41, 5.74) is 2.03. The number of alkyl halides is 3. The summed E-state index contributed by atoms with van der Waals surface area (Å²) in [6, 6.07) is 0.266. The molecule has 0 bridgehead atoms. The molecular weight excluding hydrogens is 225 g/mol. The molecule has 1 rings (SSSR count). The van der Waals surface area contributed by atoms with Crippen molar-refractivity contribution in [2.45, 2.75) is 32.0 Å². The van der Waals surface area contributed by atoms with E-state index in [1.54, 1.807) is 4.90 Å². The smallest absolute Gasteiger partial charge is 0.339 e. The molecule has 1 amide bonds. The van der Waals surface area contributed by atoms with Gasteiger partial charge in [0.05, 0.1) is 0 Å². The lowest BCUT2D eigenvalue weighted by Crippen LogP contribution is -2.40. The van der Waals surface area contributed by atoms with Crippen LogP contribution in [0.4, 0.5) is 13.2 Å². The molecule has 1 saturated carbocycles. The maximum Gasteiger partial charge on any atom is 0.413 e. The van der Waals surface area contributed by atoms with Crippen molar-refractivity contribution in [3.8, 4) is 0 Å². The highest BCUT2D eigenvalue weighted by Crippen LogP contribution is 2.26. The minimum atomic E-state index is -4.38. The van der Waals surface area contributed by atoms with Crippen molar-refractivity contribution in [1.82, 2.24) is 10.4 Å². The van der Waals surface area contributed by atoms with E-state index in [1.807, 2.05) is 12.4 Å². The van der Waals surface area contributed by atoms with Gasteiger partial charge in [0, 0.05) is 12.6 Å². The average molecular weight is 240 g/mol. The molecule has 1 aliphatic carbocycles. The van der Waals surface area contributed by atoms with Gasteiger partial charge in [-0.3, -0.25) is 9.63 Å². The predicted octanol–water partition coefficient (Wildman–Crippen LogP) is 1.08. The fourth-order valence-corrected chi connectivity index (χ4v) is 1.37. The summed E-state index contributed by atoms with van der Waals surface area (Å²) in [5, 5.41) is 0. The number of likely N-dealkylation sites (N-methyl/N-ethyl adjacent to an activating group) is 1. The second-order valence-corrected chi connectivity index (χ2v) is 3.64. The number of hydroxylamine groups is 1. The van der Waals surface area contributed by atoms with Gasteiger partial charge in [0.25, 0.3) is 0 Å². The van der Waals surface area contributed by atoms with Crippen LogP contribution in [0.5, 0.6) is 0 Å². The van der Waals surface area contributed by atoms with Crippen LogP contribution >= 0.6 is 0 Å². The van der Waals surface area contributed by atoms with Crippen LogP contribution in [0.15, 0.2) is 0 Å². The molecule has 1 fully saturated rings. The second kappa shape index (κ2) is 5.49.